The van der Waals surface area contributed by atoms with Gasteiger partial charge in [-0.25, -0.2) is 0 Å². The standard InChI is InChI=1S/C16H32N4S/c1-16(2,15(17)21)20-12-10-19(11-13-20)9-7-14-6-4-5-8-18(14)3/h14H,4-13H2,1-3H3,(H2,17,21). The quantitative estimate of drug-likeness (QED) is 0.779. The predicted octanol–water partition coefficient (Wildman–Crippen LogP) is 1.54. The lowest BCUT2D eigenvalue weighted by molar-refractivity contribution is 0.0761. The summed E-state index contributed by atoms with van der Waals surface area (Å²) in [5, 5.41) is 0. The van der Waals surface area contributed by atoms with Gasteiger partial charge < -0.3 is 15.5 Å². The minimum absolute atomic E-state index is 0.148. The number of piperazine rings is 1. The van der Waals surface area contributed by atoms with Crippen molar-refractivity contribution in [3.05, 3.63) is 0 Å². The number of rotatable bonds is 5. The number of nitrogens with zero attached hydrogens (tertiary/aromatic N) is 3. The molecule has 0 aliphatic carbocycles. The Morgan fingerprint density at radius 2 is 1.81 bits per heavy atom. The smallest absolute Gasteiger partial charge is 0.0928 e. The average Bonchev–Trinajstić information content (AvgIpc) is 2.46. The SMILES string of the molecule is CN1CCCCC1CCN1CCN(C(C)(C)C(N)=S)CC1. The summed E-state index contributed by atoms with van der Waals surface area (Å²) in [6, 6.07) is 0.796. The molecule has 0 aromatic heterocycles. The summed E-state index contributed by atoms with van der Waals surface area (Å²) in [6.45, 7) is 11.2. The van der Waals surface area contributed by atoms with Crippen LogP contribution in [-0.2, 0) is 0 Å². The van der Waals surface area contributed by atoms with Gasteiger partial charge in [0.25, 0.3) is 0 Å². The Bertz CT molecular complexity index is 350. The Kier molecular flexibility index (Phi) is 6.00. The van der Waals surface area contributed by atoms with Crippen molar-refractivity contribution in [3.8, 4) is 0 Å². The molecule has 0 aromatic rings. The molecular formula is C16H32N4S. The first-order valence-electron chi connectivity index (χ1n) is 8.39. The second-order valence-corrected chi connectivity index (χ2v) is 7.61. The van der Waals surface area contributed by atoms with Crippen LogP contribution >= 0.6 is 12.2 Å². The van der Waals surface area contributed by atoms with E-state index in [0.717, 1.165) is 32.2 Å². The monoisotopic (exact) mass is 312 g/mol. The highest BCUT2D eigenvalue weighted by molar-refractivity contribution is 7.80. The molecule has 0 bridgehead atoms. The van der Waals surface area contributed by atoms with Crippen LogP contribution < -0.4 is 5.73 Å². The molecule has 0 spiro atoms. The van der Waals surface area contributed by atoms with Gasteiger partial charge in [-0.05, 0) is 53.2 Å². The maximum Gasteiger partial charge on any atom is 0.0928 e. The van der Waals surface area contributed by atoms with Crippen molar-refractivity contribution in [1.82, 2.24) is 14.7 Å². The van der Waals surface area contributed by atoms with Crippen LogP contribution in [0.4, 0.5) is 0 Å². The van der Waals surface area contributed by atoms with Crippen molar-refractivity contribution in [1.29, 1.82) is 0 Å². The minimum atomic E-state index is -0.148. The predicted molar refractivity (Wildman–Crippen MR) is 93.8 cm³/mol. The number of likely N-dealkylation sites (tertiary alicyclic amines) is 1. The first kappa shape index (κ1) is 17.1. The molecule has 4 nitrogen and oxygen atoms in total. The summed E-state index contributed by atoms with van der Waals surface area (Å²) in [5.41, 5.74) is 5.73. The topological polar surface area (TPSA) is 35.7 Å². The first-order chi connectivity index (χ1) is 9.91. The van der Waals surface area contributed by atoms with Crippen LogP contribution in [0.2, 0.25) is 0 Å². The fraction of sp³-hybridized carbons (Fsp3) is 0.938. The van der Waals surface area contributed by atoms with Crippen molar-refractivity contribution >= 4 is 17.2 Å². The zero-order valence-corrected chi connectivity index (χ0v) is 14.8. The Hall–Kier alpha value is -0.230. The summed E-state index contributed by atoms with van der Waals surface area (Å²) >= 11 is 5.21. The van der Waals surface area contributed by atoms with Gasteiger partial charge in [0.15, 0.2) is 0 Å². The lowest BCUT2D eigenvalue weighted by Crippen LogP contribution is -2.59. The molecule has 2 aliphatic heterocycles. The van der Waals surface area contributed by atoms with E-state index in [1.807, 2.05) is 0 Å². The molecule has 21 heavy (non-hydrogen) atoms. The van der Waals surface area contributed by atoms with Crippen molar-refractivity contribution in [3.63, 3.8) is 0 Å². The second-order valence-electron chi connectivity index (χ2n) is 7.17. The largest absolute Gasteiger partial charge is 0.392 e. The number of hydrogen-bond acceptors (Lipinski definition) is 4. The maximum atomic E-state index is 5.88. The van der Waals surface area contributed by atoms with Gasteiger partial charge in [0.05, 0.1) is 10.5 Å². The number of hydrogen-bond donors (Lipinski definition) is 1. The van der Waals surface area contributed by atoms with Gasteiger partial charge in [0.2, 0.25) is 0 Å². The van der Waals surface area contributed by atoms with Crippen LogP contribution in [0.25, 0.3) is 0 Å². The molecule has 2 N–H and O–H groups in total. The lowest BCUT2D eigenvalue weighted by Gasteiger charge is -2.44. The van der Waals surface area contributed by atoms with Gasteiger partial charge in [-0.15, -0.1) is 0 Å². The van der Waals surface area contributed by atoms with E-state index in [2.05, 4.69) is 35.6 Å². The molecule has 2 saturated heterocycles. The van der Waals surface area contributed by atoms with Gasteiger partial charge in [0.1, 0.15) is 0 Å². The van der Waals surface area contributed by atoms with Gasteiger partial charge in [-0.3, -0.25) is 4.90 Å². The van der Waals surface area contributed by atoms with E-state index < -0.39 is 0 Å². The summed E-state index contributed by atoms with van der Waals surface area (Å²) < 4.78 is 0. The van der Waals surface area contributed by atoms with E-state index in [0.29, 0.717) is 4.99 Å². The van der Waals surface area contributed by atoms with Gasteiger partial charge >= 0.3 is 0 Å². The molecule has 5 heteroatoms. The van der Waals surface area contributed by atoms with E-state index in [1.165, 1.54) is 38.8 Å². The zero-order valence-electron chi connectivity index (χ0n) is 14.0. The maximum absolute atomic E-state index is 5.88. The number of thiocarbonyl (C=S) groups is 1. The molecule has 2 heterocycles. The van der Waals surface area contributed by atoms with Crippen molar-refractivity contribution in [2.75, 3.05) is 46.3 Å². The highest BCUT2D eigenvalue weighted by Gasteiger charge is 2.32. The minimum Gasteiger partial charge on any atom is -0.392 e. The Morgan fingerprint density at radius 1 is 1.14 bits per heavy atom. The summed E-state index contributed by atoms with van der Waals surface area (Å²) in [5.74, 6) is 0. The van der Waals surface area contributed by atoms with E-state index in [4.69, 9.17) is 18.0 Å². The molecule has 122 valence electrons. The van der Waals surface area contributed by atoms with Crippen molar-refractivity contribution < 1.29 is 0 Å². The summed E-state index contributed by atoms with van der Waals surface area (Å²) in [4.78, 5) is 8.20. The molecule has 0 radical (unpaired) electrons. The van der Waals surface area contributed by atoms with Gasteiger partial charge in [-0.2, -0.15) is 0 Å². The van der Waals surface area contributed by atoms with Crippen LogP contribution in [0.3, 0.4) is 0 Å². The van der Waals surface area contributed by atoms with Crippen molar-refractivity contribution in [2.45, 2.75) is 51.1 Å². The fourth-order valence-corrected chi connectivity index (χ4v) is 3.66. The first-order valence-corrected chi connectivity index (χ1v) is 8.79. The van der Waals surface area contributed by atoms with Crippen LogP contribution in [0.15, 0.2) is 0 Å². The van der Waals surface area contributed by atoms with Gasteiger partial charge in [0, 0.05) is 32.2 Å². The van der Waals surface area contributed by atoms with Crippen LogP contribution in [0.5, 0.6) is 0 Å². The second kappa shape index (κ2) is 7.36. The van der Waals surface area contributed by atoms with E-state index in [-0.39, 0.29) is 5.54 Å². The third-order valence-corrected chi connectivity index (χ3v) is 5.97. The fourth-order valence-electron chi connectivity index (χ4n) is 3.53. The summed E-state index contributed by atoms with van der Waals surface area (Å²) in [6.07, 6.45) is 5.48. The molecule has 1 atom stereocenters. The molecular weight excluding hydrogens is 280 g/mol. The molecule has 0 saturated carbocycles. The summed E-state index contributed by atoms with van der Waals surface area (Å²) in [7, 11) is 2.28. The highest BCUT2D eigenvalue weighted by atomic mass is 32.1. The lowest BCUT2D eigenvalue weighted by atomic mass is 9.99. The molecule has 2 fully saturated rings. The molecule has 0 aromatic carbocycles. The van der Waals surface area contributed by atoms with E-state index >= 15 is 0 Å². The number of piperidine rings is 1. The number of nitrogens with two attached hydrogens (primary N) is 1. The van der Waals surface area contributed by atoms with E-state index in [1.54, 1.807) is 0 Å². The van der Waals surface area contributed by atoms with Crippen LogP contribution in [0, 0.1) is 0 Å². The van der Waals surface area contributed by atoms with Gasteiger partial charge in [-0.1, -0.05) is 18.6 Å². The Labute approximate surface area is 135 Å². The third kappa shape index (κ3) is 4.38. The van der Waals surface area contributed by atoms with Crippen molar-refractivity contribution in [2.24, 2.45) is 5.73 Å². The molecule has 2 rings (SSSR count). The normalized spacial score (nSPS) is 26.9. The molecule has 2 aliphatic rings. The molecule has 0 amide bonds. The zero-order chi connectivity index (χ0) is 15.5. The Morgan fingerprint density at radius 3 is 2.38 bits per heavy atom. The molecule has 1 unspecified atom stereocenters. The Balaban J connectivity index is 1.73. The highest BCUT2D eigenvalue weighted by Crippen LogP contribution is 2.20. The third-order valence-electron chi connectivity index (χ3n) is 5.47. The average molecular weight is 313 g/mol. The van der Waals surface area contributed by atoms with Crippen LogP contribution in [-0.4, -0.2) is 77.6 Å². The van der Waals surface area contributed by atoms with Crippen LogP contribution in [0.1, 0.15) is 39.5 Å². The van der Waals surface area contributed by atoms with E-state index in [9.17, 15) is 0 Å².